The number of nitrogens with two attached hydrogens (primary N) is 1. The molecule has 3 N–H and O–H groups in total. The number of likely N-dealkylation sites (N-methyl/N-ethyl adjacent to an activating group) is 1. The summed E-state index contributed by atoms with van der Waals surface area (Å²) in [5.41, 5.74) is 7.13. The van der Waals surface area contributed by atoms with Crippen LogP contribution in [0.4, 0.5) is 11.4 Å². The fourth-order valence-corrected chi connectivity index (χ4v) is 1.62. The van der Waals surface area contributed by atoms with Crippen molar-refractivity contribution in [3.05, 3.63) is 18.2 Å². The van der Waals surface area contributed by atoms with Gasteiger partial charge in [-0.25, -0.2) is 0 Å². The summed E-state index contributed by atoms with van der Waals surface area (Å²) in [5, 5.41) is 3.12. The Kier molecular flexibility index (Phi) is 4.83. The normalized spacial score (nSPS) is 11.8. The second-order valence-corrected chi connectivity index (χ2v) is 4.21. The van der Waals surface area contributed by atoms with Crippen molar-refractivity contribution in [3.8, 4) is 5.75 Å². The monoisotopic (exact) mass is 251 g/mol. The first kappa shape index (κ1) is 14.2. The molecule has 1 atom stereocenters. The van der Waals surface area contributed by atoms with E-state index in [-0.39, 0.29) is 11.9 Å². The molecule has 0 aromatic heterocycles. The topological polar surface area (TPSA) is 67.6 Å². The highest BCUT2D eigenvalue weighted by Crippen LogP contribution is 2.22. The molecule has 0 aliphatic heterocycles. The summed E-state index contributed by atoms with van der Waals surface area (Å²) in [6.45, 7) is 4.45. The van der Waals surface area contributed by atoms with Crippen LogP contribution in [0.3, 0.4) is 0 Å². The lowest BCUT2D eigenvalue weighted by Gasteiger charge is -2.21. The molecule has 100 valence electrons. The number of nitrogens with zero attached hydrogens (tertiary/aromatic N) is 1. The highest BCUT2D eigenvalue weighted by Gasteiger charge is 2.16. The number of benzene rings is 1. The summed E-state index contributed by atoms with van der Waals surface area (Å²) in [4.78, 5) is 13.6. The highest BCUT2D eigenvalue weighted by molar-refractivity contribution is 5.84. The highest BCUT2D eigenvalue weighted by atomic mass is 16.5. The minimum Gasteiger partial charge on any atom is -0.497 e. The van der Waals surface area contributed by atoms with Crippen LogP contribution in [0.2, 0.25) is 0 Å². The number of ether oxygens (including phenoxy) is 1. The van der Waals surface area contributed by atoms with E-state index < -0.39 is 0 Å². The summed E-state index contributed by atoms with van der Waals surface area (Å²) in [7, 11) is 3.36. The molecule has 1 aromatic carbocycles. The summed E-state index contributed by atoms with van der Waals surface area (Å²) in [6.07, 6.45) is 0. The van der Waals surface area contributed by atoms with Gasteiger partial charge < -0.3 is 20.7 Å². The minimum atomic E-state index is -0.304. The van der Waals surface area contributed by atoms with Gasteiger partial charge in [0.25, 0.3) is 0 Å². The van der Waals surface area contributed by atoms with E-state index in [9.17, 15) is 4.79 Å². The largest absolute Gasteiger partial charge is 0.497 e. The van der Waals surface area contributed by atoms with Crippen LogP contribution in [-0.4, -0.2) is 37.6 Å². The Balaban J connectivity index is 2.78. The molecule has 0 radical (unpaired) electrons. The van der Waals surface area contributed by atoms with Gasteiger partial charge in [-0.15, -0.1) is 0 Å². The molecule has 0 saturated heterocycles. The van der Waals surface area contributed by atoms with Crippen LogP contribution in [0, 0.1) is 0 Å². The van der Waals surface area contributed by atoms with E-state index in [0.29, 0.717) is 18.0 Å². The Morgan fingerprint density at radius 3 is 2.72 bits per heavy atom. The maximum atomic E-state index is 11.9. The Bertz CT molecular complexity index is 421. The second-order valence-electron chi connectivity index (χ2n) is 4.21. The SMILES string of the molecule is CCN(C)C(=O)C(C)Nc1cc(N)cc(OC)c1. The van der Waals surface area contributed by atoms with E-state index in [1.54, 1.807) is 31.2 Å². The third-order valence-corrected chi connectivity index (χ3v) is 2.77. The third-order valence-electron chi connectivity index (χ3n) is 2.77. The third kappa shape index (κ3) is 3.55. The fraction of sp³-hybridized carbons (Fsp3) is 0.462. The number of carbonyl (C=O) groups is 1. The fourth-order valence-electron chi connectivity index (χ4n) is 1.62. The van der Waals surface area contributed by atoms with Gasteiger partial charge in [-0.2, -0.15) is 0 Å². The number of rotatable bonds is 5. The number of hydrogen-bond acceptors (Lipinski definition) is 4. The zero-order chi connectivity index (χ0) is 13.7. The van der Waals surface area contributed by atoms with Crippen molar-refractivity contribution in [2.24, 2.45) is 0 Å². The minimum absolute atomic E-state index is 0.0406. The first-order valence-electron chi connectivity index (χ1n) is 5.94. The van der Waals surface area contributed by atoms with Crippen LogP contribution in [0.5, 0.6) is 5.75 Å². The van der Waals surface area contributed by atoms with E-state index in [0.717, 1.165) is 5.69 Å². The van der Waals surface area contributed by atoms with Gasteiger partial charge >= 0.3 is 0 Å². The summed E-state index contributed by atoms with van der Waals surface area (Å²) < 4.78 is 5.13. The van der Waals surface area contributed by atoms with Crippen LogP contribution < -0.4 is 15.8 Å². The maximum absolute atomic E-state index is 11.9. The molecule has 5 heteroatoms. The van der Waals surface area contributed by atoms with Crippen LogP contribution in [-0.2, 0) is 4.79 Å². The second kappa shape index (κ2) is 6.14. The maximum Gasteiger partial charge on any atom is 0.244 e. The standard InChI is InChI=1S/C13H21N3O2/c1-5-16(3)13(17)9(2)15-11-6-10(14)7-12(8-11)18-4/h6-9,15H,5,14H2,1-4H3. The van der Waals surface area contributed by atoms with Gasteiger partial charge in [-0.1, -0.05) is 0 Å². The Hall–Kier alpha value is -1.91. The van der Waals surface area contributed by atoms with Crippen molar-refractivity contribution in [2.75, 3.05) is 31.8 Å². The van der Waals surface area contributed by atoms with E-state index in [4.69, 9.17) is 10.5 Å². The number of nitrogen functional groups attached to an aromatic ring is 1. The first-order valence-corrected chi connectivity index (χ1v) is 5.94. The molecular formula is C13H21N3O2. The Labute approximate surface area is 108 Å². The zero-order valence-corrected chi connectivity index (χ0v) is 11.4. The predicted molar refractivity (Wildman–Crippen MR) is 73.8 cm³/mol. The molecule has 0 fully saturated rings. The van der Waals surface area contributed by atoms with Crippen molar-refractivity contribution in [1.29, 1.82) is 0 Å². The average Bonchev–Trinajstić information content (AvgIpc) is 2.35. The van der Waals surface area contributed by atoms with E-state index in [2.05, 4.69) is 5.32 Å². The lowest BCUT2D eigenvalue weighted by molar-refractivity contribution is -0.130. The van der Waals surface area contributed by atoms with Gasteiger partial charge in [0.05, 0.1) is 7.11 Å². The molecule has 0 aliphatic carbocycles. The van der Waals surface area contributed by atoms with Gasteiger partial charge in [-0.05, 0) is 19.9 Å². The van der Waals surface area contributed by atoms with Crippen LogP contribution in [0.1, 0.15) is 13.8 Å². The van der Waals surface area contributed by atoms with E-state index in [1.165, 1.54) is 0 Å². The van der Waals surface area contributed by atoms with Crippen molar-refractivity contribution in [2.45, 2.75) is 19.9 Å². The molecule has 1 aromatic rings. The van der Waals surface area contributed by atoms with Crippen LogP contribution in [0.25, 0.3) is 0 Å². The van der Waals surface area contributed by atoms with Crippen LogP contribution >= 0.6 is 0 Å². The van der Waals surface area contributed by atoms with Gasteiger partial charge in [0.15, 0.2) is 0 Å². The molecule has 5 nitrogen and oxygen atoms in total. The van der Waals surface area contributed by atoms with Crippen molar-refractivity contribution >= 4 is 17.3 Å². The Morgan fingerprint density at radius 2 is 2.17 bits per heavy atom. The molecule has 1 unspecified atom stereocenters. The predicted octanol–water partition coefficient (Wildman–Crippen LogP) is 1.56. The number of methoxy groups -OCH3 is 1. The average molecular weight is 251 g/mol. The molecule has 0 aliphatic rings. The summed E-state index contributed by atoms with van der Waals surface area (Å²) in [6, 6.07) is 5.02. The summed E-state index contributed by atoms with van der Waals surface area (Å²) >= 11 is 0. The lowest BCUT2D eigenvalue weighted by atomic mass is 10.2. The number of hydrogen-bond donors (Lipinski definition) is 2. The number of amides is 1. The van der Waals surface area contributed by atoms with Gasteiger partial charge in [0.2, 0.25) is 5.91 Å². The van der Waals surface area contributed by atoms with Gasteiger partial charge in [0, 0.05) is 37.1 Å². The number of carbonyl (C=O) groups excluding carboxylic acids is 1. The number of anilines is 2. The van der Waals surface area contributed by atoms with Gasteiger partial charge in [0.1, 0.15) is 11.8 Å². The molecule has 0 heterocycles. The zero-order valence-electron chi connectivity index (χ0n) is 11.4. The summed E-state index contributed by atoms with van der Waals surface area (Å²) in [5.74, 6) is 0.708. The number of nitrogens with one attached hydrogen (secondary N) is 1. The molecule has 0 saturated carbocycles. The molecule has 1 amide bonds. The Morgan fingerprint density at radius 1 is 1.50 bits per heavy atom. The van der Waals surface area contributed by atoms with Gasteiger partial charge in [-0.3, -0.25) is 4.79 Å². The molecule has 1 rings (SSSR count). The van der Waals surface area contributed by atoms with E-state index >= 15 is 0 Å². The smallest absolute Gasteiger partial charge is 0.244 e. The van der Waals surface area contributed by atoms with Crippen molar-refractivity contribution < 1.29 is 9.53 Å². The molecule has 18 heavy (non-hydrogen) atoms. The molecular weight excluding hydrogens is 230 g/mol. The molecule has 0 spiro atoms. The van der Waals surface area contributed by atoms with Crippen molar-refractivity contribution in [1.82, 2.24) is 4.90 Å². The van der Waals surface area contributed by atoms with E-state index in [1.807, 2.05) is 19.9 Å². The lowest BCUT2D eigenvalue weighted by Crippen LogP contribution is -2.38. The molecule has 0 bridgehead atoms. The first-order chi connectivity index (χ1) is 8.47. The quantitative estimate of drug-likeness (QED) is 0.779. The van der Waals surface area contributed by atoms with Crippen LogP contribution in [0.15, 0.2) is 18.2 Å². The van der Waals surface area contributed by atoms with Crippen molar-refractivity contribution in [3.63, 3.8) is 0 Å².